The number of halogens is 2. The van der Waals surface area contributed by atoms with E-state index in [-0.39, 0.29) is 36.4 Å². The van der Waals surface area contributed by atoms with Crippen LogP contribution in [0.2, 0.25) is 0 Å². The molecule has 104 valence electrons. The zero-order valence-corrected chi connectivity index (χ0v) is 10.4. The van der Waals surface area contributed by atoms with Crippen LogP contribution in [0, 0.1) is 23.0 Å². The van der Waals surface area contributed by atoms with Crippen LogP contribution >= 0.6 is 0 Å². The molecule has 1 unspecified atom stereocenters. The predicted octanol–water partition coefficient (Wildman–Crippen LogP) is 0.731. The fourth-order valence-corrected chi connectivity index (χ4v) is 1.95. The molecular formula is C13H11F2N3O2. The number of hydrogen-bond donors (Lipinski definition) is 2. The highest BCUT2D eigenvalue weighted by Crippen LogP contribution is 2.16. The average Bonchev–Trinajstić information content (AvgIpc) is 2.39. The maximum atomic E-state index is 13.6. The summed E-state index contributed by atoms with van der Waals surface area (Å²) in [6.07, 6.45) is 0.464. The molecular weight excluding hydrogens is 268 g/mol. The van der Waals surface area contributed by atoms with Crippen LogP contribution < -0.4 is 10.6 Å². The number of nitriles is 1. The number of nitrogens with one attached hydrogen (secondary N) is 2. The SMILES string of the molecule is N#Cc1cc(F)c(CNC2CCC(=O)NC2=O)c(F)c1. The molecule has 2 rings (SSSR count). The topological polar surface area (TPSA) is 82.0 Å². The van der Waals surface area contributed by atoms with Crippen LogP contribution in [0.5, 0.6) is 0 Å². The second-order valence-electron chi connectivity index (χ2n) is 4.41. The minimum absolute atomic E-state index is 0.107. The fraction of sp³-hybridized carbons (Fsp3) is 0.308. The molecule has 7 heteroatoms. The van der Waals surface area contributed by atoms with Crippen molar-refractivity contribution in [3.63, 3.8) is 0 Å². The molecule has 1 atom stereocenters. The van der Waals surface area contributed by atoms with Gasteiger partial charge < -0.3 is 5.32 Å². The molecule has 1 aliphatic rings. The van der Waals surface area contributed by atoms with Crippen LogP contribution in [0.1, 0.15) is 24.0 Å². The van der Waals surface area contributed by atoms with E-state index in [9.17, 15) is 18.4 Å². The largest absolute Gasteiger partial charge is 0.302 e. The first-order valence-electron chi connectivity index (χ1n) is 5.96. The highest BCUT2D eigenvalue weighted by Gasteiger charge is 2.26. The Hall–Kier alpha value is -2.33. The van der Waals surface area contributed by atoms with Crippen molar-refractivity contribution >= 4 is 11.8 Å². The third kappa shape index (κ3) is 2.97. The Balaban J connectivity index is 2.06. The number of amides is 2. The Bertz CT molecular complexity index is 587. The van der Waals surface area contributed by atoms with Gasteiger partial charge in [0.05, 0.1) is 17.7 Å². The lowest BCUT2D eigenvalue weighted by molar-refractivity contribution is -0.134. The standard InChI is InChI=1S/C13H11F2N3O2/c14-9-3-7(5-16)4-10(15)8(9)6-17-11-1-2-12(19)18-13(11)20/h3-4,11,17H,1-2,6H2,(H,18,19,20). The van der Waals surface area contributed by atoms with Crippen molar-refractivity contribution in [3.05, 3.63) is 34.9 Å². The monoisotopic (exact) mass is 279 g/mol. The molecule has 0 saturated carbocycles. The summed E-state index contributed by atoms with van der Waals surface area (Å²) in [7, 11) is 0. The van der Waals surface area contributed by atoms with Gasteiger partial charge in [-0.2, -0.15) is 5.26 Å². The summed E-state index contributed by atoms with van der Waals surface area (Å²) in [5, 5.41) is 13.4. The molecule has 1 aromatic rings. The number of carbonyl (C=O) groups excluding carboxylic acids is 2. The lowest BCUT2D eigenvalue weighted by Gasteiger charge is -2.22. The highest BCUT2D eigenvalue weighted by molar-refractivity contribution is 6.00. The Labute approximate surface area is 113 Å². The van der Waals surface area contributed by atoms with Crippen LogP contribution in [-0.4, -0.2) is 17.9 Å². The lowest BCUT2D eigenvalue weighted by atomic mass is 10.1. The predicted molar refractivity (Wildman–Crippen MR) is 64.1 cm³/mol. The first-order valence-corrected chi connectivity index (χ1v) is 5.96. The van der Waals surface area contributed by atoms with Gasteiger partial charge in [-0.3, -0.25) is 14.9 Å². The highest BCUT2D eigenvalue weighted by atomic mass is 19.1. The van der Waals surface area contributed by atoms with E-state index in [0.29, 0.717) is 0 Å². The van der Waals surface area contributed by atoms with Gasteiger partial charge in [-0.15, -0.1) is 0 Å². The van der Waals surface area contributed by atoms with E-state index in [1.165, 1.54) is 0 Å². The van der Waals surface area contributed by atoms with Gasteiger partial charge in [0.25, 0.3) is 0 Å². The van der Waals surface area contributed by atoms with Gasteiger partial charge in [0.2, 0.25) is 11.8 Å². The van der Waals surface area contributed by atoms with Gasteiger partial charge in [-0.1, -0.05) is 0 Å². The van der Waals surface area contributed by atoms with Gasteiger partial charge in [0.1, 0.15) is 11.6 Å². The number of imide groups is 1. The maximum Gasteiger partial charge on any atom is 0.243 e. The maximum absolute atomic E-state index is 13.6. The van der Waals surface area contributed by atoms with E-state index in [0.717, 1.165) is 12.1 Å². The van der Waals surface area contributed by atoms with Crippen molar-refractivity contribution < 1.29 is 18.4 Å². The number of rotatable bonds is 3. The lowest BCUT2D eigenvalue weighted by Crippen LogP contribution is -2.50. The van der Waals surface area contributed by atoms with Gasteiger partial charge in [-0.05, 0) is 18.6 Å². The van der Waals surface area contributed by atoms with E-state index < -0.39 is 23.6 Å². The Morgan fingerprint density at radius 2 is 2.00 bits per heavy atom. The molecule has 1 saturated heterocycles. The minimum Gasteiger partial charge on any atom is -0.302 e. The van der Waals surface area contributed by atoms with Crippen molar-refractivity contribution in [1.82, 2.24) is 10.6 Å². The van der Waals surface area contributed by atoms with Crippen molar-refractivity contribution in [2.24, 2.45) is 0 Å². The van der Waals surface area contributed by atoms with Crippen LogP contribution in [0.4, 0.5) is 8.78 Å². The average molecular weight is 279 g/mol. The van der Waals surface area contributed by atoms with E-state index in [4.69, 9.17) is 5.26 Å². The molecule has 0 spiro atoms. The summed E-state index contributed by atoms with van der Waals surface area (Å²) >= 11 is 0. The molecule has 1 aliphatic heterocycles. The van der Waals surface area contributed by atoms with Crippen molar-refractivity contribution in [1.29, 1.82) is 5.26 Å². The van der Waals surface area contributed by atoms with Gasteiger partial charge in [0.15, 0.2) is 0 Å². The molecule has 20 heavy (non-hydrogen) atoms. The van der Waals surface area contributed by atoms with Crippen LogP contribution in [-0.2, 0) is 16.1 Å². The number of nitrogens with zero attached hydrogens (tertiary/aromatic N) is 1. The van der Waals surface area contributed by atoms with E-state index >= 15 is 0 Å². The third-order valence-electron chi connectivity index (χ3n) is 3.03. The number of hydrogen-bond acceptors (Lipinski definition) is 4. The van der Waals surface area contributed by atoms with Gasteiger partial charge >= 0.3 is 0 Å². The molecule has 1 aromatic carbocycles. The molecule has 5 nitrogen and oxygen atoms in total. The van der Waals surface area contributed by atoms with Crippen molar-refractivity contribution in [2.75, 3.05) is 0 Å². The van der Waals surface area contributed by atoms with Crippen LogP contribution in [0.25, 0.3) is 0 Å². The number of carbonyl (C=O) groups is 2. The number of benzene rings is 1. The summed E-state index contributed by atoms with van der Waals surface area (Å²) < 4.78 is 27.3. The van der Waals surface area contributed by atoms with Crippen LogP contribution in [0.3, 0.4) is 0 Å². The molecule has 0 aromatic heterocycles. The van der Waals surface area contributed by atoms with Crippen LogP contribution in [0.15, 0.2) is 12.1 Å². The summed E-state index contributed by atoms with van der Waals surface area (Å²) in [6.45, 7) is -0.199. The summed E-state index contributed by atoms with van der Waals surface area (Å²) in [5.41, 5.74) is -0.349. The second-order valence-corrected chi connectivity index (χ2v) is 4.41. The Morgan fingerprint density at radius 3 is 2.55 bits per heavy atom. The third-order valence-corrected chi connectivity index (χ3v) is 3.03. The normalized spacial score (nSPS) is 18.6. The molecule has 2 amide bonds. The van der Waals surface area contributed by atoms with Gasteiger partial charge in [-0.25, -0.2) is 8.78 Å². The number of piperidine rings is 1. The molecule has 0 bridgehead atoms. The molecule has 0 radical (unpaired) electrons. The van der Waals surface area contributed by atoms with Gasteiger partial charge in [0, 0.05) is 18.5 Å². The summed E-state index contributed by atoms with van der Waals surface area (Å²) in [5.74, 6) is -2.55. The molecule has 2 N–H and O–H groups in total. The zero-order chi connectivity index (χ0) is 14.7. The van der Waals surface area contributed by atoms with E-state index in [2.05, 4.69) is 10.6 Å². The van der Waals surface area contributed by atoms with Crippen molar-refractivity contribution in [3.8, 4) is 6.07 Å². The first kappa shape index (κ1) is 14.1. The zero-order valence-electron chi connectivity index (χ0n) is 10.4. The van der Waals surface area contributed by atoms with E-state index in [1.807, 2.05) is 0 Å². The summed E-state index contributed by atoms with van der Waals surface area (Å²) in [6, 6.07) is 2.86. The first-order chi connectivity index (χ1) is 9.51. The summed E-state index contributed by atoms with van der Waals surface area (Å²) in [4.78, 5) is 22.4. The van der Waals surface area contributed by atoms with Crippen molar-refractivity contribution in [2.45, 2.75) is 25.4 Å². The molecule has 1 fully saturated rings. The Morgan fingerprint density at radius 1 is 1.35 bits per heavy atom. The molecule has 0 aliphatic carbocycles. The minimum atomic E-state index is -0.846. The smallest absolute Gasteiger partial charge is 0.243 e. The second kappa shape index (κ2) is 5.75. The quantitative estimate of drug-likeness (QED) is 0.799. The van der Waals surface area contributed by atoms with E-state index in [1.54, 1.807) is 6.07 Å². The Kier molecular flexibility index (Phi) is 4.05. The fourth-order valence-electron chi connectivity index (χ4n) is 1.95. The molecule has 1 heterocycles.